The van der Waals surface area contributed by atoms with Crippen LogP contribution in [-0.2, 0) is 14.3 Å². The molecule has 2 aromatic carbocycles. The largest absolute Gasteiger partial charge is 0.479 e. The Morgan fingerprint density at radius 3 is 2.50 bits per heavy atom. The van der Waals surface area contributed by atoms with Gasteiger partial charge < -0.3 is 29.9 Å². The summed E-state index contributed by atoms with van der Waals surface area (Å²) >= 11 is 12.8. The zero-order valence-corrected chi connectivity index (χ0v) is 20.1. The first kappa shape index (κ1) is 24.8. The number of fused-ring (bicyclic) bond motifs is 3. The number of hydrogen-bond acceptors (Lipinski definition) is 9. The highest BCUT2D eigenvalue weighted by molar-refractivity contribution is 6.36. The number of aromatic nitrogens is 3. The molecule has 2 aliphatic heterocycles. The van der Waals surface area contributed by atoms with Crippen molar-refractivity contribution in [2.24, 2.45) is 4.99 Å². The molecule has 2 aliphatic rings. The van der Waals surface area contributed by atoms with Crippen LogP contribution in [0.4, 0.5) is 0 Å². The highest BCUT2D eigenvalue weighted by Crippen LogP contribution is 2.36. The van der Waals surface area contributed by atoms with Crippen LogP contribution in [0.15, 0.2) is 47.5 Å². The summed E-state index contributed by atoms with van der Waals surface area (Å²) in [6.45, 7) is 1.72. The van der Waals surface area contributed by atoms with Gasteiger partial charge in [-0.05, 0) is 31.2 Å². The lowest BCUT2D eigenvalue weighted by molar-refractivity contribution is -0.305. The van der Waals surface area contributed by atoms with E-state index in [2.05, 4.69) is 10.2 Å². The molecule has 13 heteroatoms. The van der Waals surface area contributed by atoms with E-state index >= 15 is 0 Å². The number of rotatable bonds is 4. The quantitative estimate of drug-likeness (QED) is 0.390. The maximum absolute atomic E-state index is 11.6. The number of aliphatic hydroxyl groups is 3. The Kier molecular flexibility index (Phi) is 6.55. The number of hydrogen-bond donors (Lipinski definition) is 4. The van der Waals surface area contributed by atoms with Crippen LogP contribution in [0.2, 0.25) is 10.0 Å². The van der Waals surface area contributed by atoms with E-state index in [-0.39, 0.29) is 5.82 Å². The van der Waals surface area contributed by atoms with Gasteiger partial charge in [0.25, 0.3) is 0 Å². The first-order valence-electron chi connectivity index (χ1n) is 10.8. The fourth-order valence-corrected chi connectivity index (χ4v) is 4.62. The number of carboxylic acids is 1. The van der Waals surface area contributed by atoms with Crippen LogP contribution in [0.1, 0.15) is 29.0 Å². The lowest BCUT2D eigenvalue weighted by Crippen LogP contribution is -2.60. The SMILES string of the molecule is Cc1nnc2n1-c1ccc(Cl)cc1C(c1ccccc1Cl)=NC2OC1OC(C(=O)O)C(O)C(O)C1O. The monoisotopic (exact) mass is 534 g/mol. The van der Waals surface area contributed by atoms with Crippen molar-refractivity contribution in [2.75, 3.05) is 0 Å². The first-order valence-corrected chi connectivity index (χ1v) is 11.6. The number of aliphatic hydroxyl groups excluding tert-OH is 3. The minimum Gasteiger partial charge on any atom is -0.479 e. The molecule has 0 bridgehead atoms. The molecule has 3 heterocycles. The molecular formula is C23H20Cl2N4O7. The van der Waals surface area contributed by atoms with Crippen LogP contribution in [0.5, 0.6) is 0 Å². The fraction of sp³-hybridized carbons (Fsp3) is 0.304. The van der Waals surface area contributed by atoms with Gasteiger partial charge in [-0.3, -0.25) is 4.57 Å². The summed E-state index contributed by atoms with van der Waals surface area (Å²) in [6, 6.07) is 12.2. The minimum atomic E-state index is -1.87. The summed E-state index contributed by atoms with van der Waals surface area (Å²) in [6.07, 6.45) is -10.3. The zero-order chi connectivity index (χ0) is 25.7. The van der Waals surface area contributed by atoms with Crippen molar-refractivity contribution >= 4 is 34.9 Å². The number of benzene rings is 2. The van der Waals surface area contributed by atoms with Crippen LogP contribution in [0.3, 0.4) is 0 Å². The van der Waals surface area contributed by atoms with Crippen molar-refractivity contribution in [3.05, 3.63) is 75.3 Å². The molecule has 0 spiro atoms. The van der Waals surface area contributed by atoms with E-state index in [0.29, 0.717) is 38.4 Å². The molecule has 6 unspecified atom stereocenters. The van der Waals surface area contributed by atoms with E-state index in [4.69, 9.17) is 37.7 Å². The summed E-state index contributed by atoms with van der Waals surface area (Å²) in [4.78, 5) is 16.3. The van der Waals surface area contributed by atoms with E-state index < -0.39 is 42.9 Å². The number of aryl methyl sites for hydroxylation is 1. The molecule has 0 amide bonds. The van der Waals surface area contributed by atoms with Gasteiger partial charge in [-0.15, -0.1) is 10.2 Å². The second kappa shape index (κ2) is 9.52. The van der Waals surface area contributed by atoms with Gasteiger partial charge in [-0.2, -0.15) is 0 Å². The van der Waals surface area contributed by atoms with E-state index in [1.165, 1.54) is 0 Å². The number of carbonyl (C=O) groups is 1. The molecular weight excluding hydrogens is 515 g/mol. The van der Waals surface area contributed by atoms with Crippen LogP contribution in [-0.4, -0.2) is 77.6 Å². The average Bonchev–Trinajstić information content (AvgIpc) is 3.17. The second-order valence-corrected chi connectivity index (χ2v) is 9.13. The maximum atomic E-state index is 11.6. The standard InChI is InChI=1S/C23H20Cl2N4O7/c1-9-27-28-20-21(36-23-18(32)16(30)17(31)19(35-23)22(33)34)26-15(11-4-2-3-5-13(11)25)12-8-10(24)6-7-14(12)29(9)20/h2-8,16-19,21,23,30-32H,1H3,(H,33,34). The van der Waals surface area contributed by atoms with Crippen LogP contribution in [0, 0.1) is 6.92 Å². The zero-order valence-electron chi connectivity index (χ0n) is 18.6. The molecule has 1 fully saturated rings. The summed E-state index contributed by atoms with van der Waals surface area (Å²) in [5, 5.41) is 49.3. The van der Waals surface area contributed by atoms with Crippen LogP contribution < -0.4 is 0 Å². The van der Waals surface area contributed by atoms with Gasteiger partial charge in [-0.25, -0.2) is 9.79 Å². The Labute approximate surface area is 214 Å². The van der Waals surface area contributed by atoms with E-state index in [9.17, 15) is 25.2 Å². The molecule has 4 N–H and O–H groups in total. The van der Waals surface area contributed by atoms with Crippen LogP contribution in [0.25, 0.3) is 5.69 Å². The normalized spacial score (nSPS) is 27.6. The Hall–Kier alpha value is -2.90. The van der Waals surface area contributed by atoms with Crippen molar-refractivity contribution < 1.29 is 34.7 Å². The highest BCUT2D eigenvalue weighted by Gasteiger charge is 2.48. The van der Waals surface area contributed by atoms with Gasteiger partial charge in [-0.1, -0.05) is 41.4 Å². The number of aliphatic imine (C=N–C) groups is 1. The third-order valence-corrected chi connectivity index (χ3v) is 6.54. The van der Waals surface area contributed by atoms with Crippen molar-refractivity contribution in [2.45, 2.75) is 43.9 Å². The van der Waals surface area contributed by atoms with E-state index in [1.54, 1.807) is 54.0 Å². The Morgan fingerprint density at radius 1 is 1.03 bits per heavy atom. The molecule has 0 radical (unpaired) electrons. The topological polar surface area (TPSA) is 160 Å². The summed E-state index contributed by atoms with van der Waals surface area (Å²) in [5.41, 5.74) is 2.16. The number of halogens is 2. The third kappa shape index (κ3) is 4.18. The van der Waals surface area contributed by atoms with E-state index in [0.717, 1.165) is 0 Å². The molecule has 36 heavy (non-hydrogen) atoms. The molecule has 11 nitrogen and oxygen atoms in total. The summed E-state index contributed by atoms with van der Waals surface area (Å²) < 4.78 is 12.9. The van der Waals surface area contributed by atoms with Crippen molar-refractivity contribution in [3.8, 4) is 5.69 Å². The highest BCUT2D eigenvalue weighted by atomic mass is 35.5. The van der Waals surface area contributed by atoms with Crippen molar-refractivity contribution in [3.63, 3.8) is 0 Å². The molecule has 0 saturated carbocycles. The number of aliphatic carboxylic acids is 1. The Balaban J connectivity index is 1.66. The molecule has 1 saturated heterocycles. The van der Waals surface area contributed by atoms with Gasteiger partial charge >= 0.3 is 5.97 Å². The number of nitrogens with zero attached hydrogens (tertiary/aromatic N) is 4. The minimum absolute atomic E-state index is 0.196. The lowest BCUT2D eigenvalue weighted by Gasteiger charge is -2.39. The molecule has 5 rings (SSSR count). The van der Waals surface area contributed by atoms with Crippen molar-refractivity contribution in [1.29, 1.82) is 0 Å². The molecule has 188 valence electrons. The number of ether oxygens (including phenoxy) is 2. The molecule has 0 aliphatic carbocycles. The average molecular weight is 535 g/mol. The predicted octanol–water partition coefficient (Wildman–Crippen LogP) is 1.64. The fourth-order valence-electron chi connectivity index (χ4n) is 4.22. The number of carboxylic acid groups (broad SMARTS) is 1. The van der Waals surface area contributed by atoms with Gasteiger partial charge in [0, 0.05) is 21.2 Å². The summed E-state index contributed by atoms with van der Waals surface area (Å²) in [5.74, 6) is -0.854. The Bertz CT molecular complexity index is 1360. The molecule has 6 atom stereocenters. The lowest BCUT2D eigenvalue weighted by atomic mass is 9.99. The maximum Gasteiger partial charge on any atom is 0.335 e. The predicted molar refractivity (Wildman–Crippen MR) is 126 cm³/mol. The van der Waals surface area contributed by atoms with E-state index in [1.807, 2.05) is 0 Å². The van der Waals surface area contributed by atoms with Gasteiger partial charge in [0.2, 0.25) is 6.23 Å². The van der Waals surface area contributed by atoms with Crippen molar-refractivity contribution in [1.82, 2.24) is 14.8 Å². The second-order valence-electron chi connectivity index (χ2n) is 8.28. The molecule has 3 aromatic rings. The van der Waals surface area contributed by atoms with Gasteiger partial charge in [0.05, 0.1) is 11.4 Å². The van der Waals surface area contributed by atoms with Crippen LogP contribution >= 0.6 is 23.2 Å². The van der Waals surface area contributed by atoms with Gasteiger partial charge in [0.1, 0.15) is 24.1 Å². The Morgan fingerprint density at radius 2 is 1.78 bits per heavy atom. The third-order valence-electron chi connectivity index (χ3n) is 5.98. The first-order chi connectivity index (χ1) is 17.2. The molecule has 1 aromatic heterocycles. The summed E-state index contributed by atoms with van der Waals surface area (Å²) in [7, 11) is 0. The smallest absolute Gasteiger partial charge is 0.335 e. The van der Waals surface area contributed by atoms with Gasteiger partial charge in [0.15, 0.2) is 18.2 Å².